The Hall–Kier alpha value is -1.56. The van der Waals surface area contributed by atoms with Crippen LogP contribution in [0.3, 0.4) is 0 Å². The fourth-order valence-corrected chi connectivity index (χ4v) is 3.04. The van der Waals surface area contributed by atoms with Gasteiger partial charge < -0.3 is 14.4 Å². The molecule has 18 heavy (non-hydrogen) atoms. The van der Waals surface area contributed by atoms with Crippen molar-refractivity contribution < 1.29 is 19.1 Å². The van der Waals surface area contributed by atoms with Crippen molar-refractivity contribution in [1.29, 1.82) is 0 Å². The van der Waals surface area contributed by atoms with Crippen LogP contribution in [0.2, 0.25) is 0 Å². The largest absolute Gasteiger partial charge is 0.467 e. The Kier molecular flexibility index (Phi) is 3.56. The lowest BCUT2D eigenvalue weighted by Crippen LogP contribution is -2.53. The van der Waals surface area contributed by atoms with E-state index in [1.807, 2.05) is 17.2 Å². The van der Waals surface area contributed by atoms with Gasteiger partial charge in [-0.1, -0.05) is 0 Å². The second-order valence-corrected chi connectivity index (χ2v) is 4.99. The Labute approximate surface area is 109 Å². The predicted molar refractivity (Wildman–Crippen MR) is 68.2 cm³/mol. The number of ether oxygens (including phenoxy) is 2. The molecule has 1 aliphatic heterocycles. The van der Waals surface area contributed by atoms with Gasteiger partial charge in [0, 0.05) is 6.54 Å². The first-order chi connectivity index (χ1) is 8.60. The van der Waals surface area contributed by atoms with Gasteiger partial charge in [-0.25, -0.2) is 9.59 Å². The van der Waals surface area contributed by atoms with Crippen molar-refractivity contribution in [2.24, 2.45) is 0 Å². The number of esters is 2. The van der Waals surface area contributed by atoms with Crippen LogP contribution >= 0.6 is 11.3 Å². The summed E-state index contributed by atoms with van der Waals surface area (Å²) in [6.45, 7) is 2.67. The number of carbonyl (C=O) groups excluding carboxylic acids is 2. The lowest BCUT2D eigenvalue weighted by Gasteiger charge is -2.41. The van der Waals surface area contributed by atoms with Gasteiger partial charge in [-0.2, -0.15) is 0 Å². The summed E-state index contributed by atoms with van der Waals surface area (Å²) in [5.41, 5.74) is 1.78. The normalized spacial score (nSPS) is 18.2. The molecule has 0 bridgehead atoms. The standard InChI is InChI=1S/C12H15NO4S/c1-7-6-18-10(12(15)17-3)9(7)13-5-4-8(13)11(14)16-2/h6,8H,4-5H2,1-3H3. The Morgan fingerprint density at radius 3 is 2.61 bits per heavy atom. The summed E-state index contributed by atoms with van der Waals surface area (Å²) in [6, 6.07) is -0.285. The van der Waals surface area contributed by atoms with E-state index in [0.717, 1.165) is 24.2 Å². The smallest absolute Gasteiger partial charge is 0.350 e. The monoisotopic (exact) mass is 269 g/mol. The summed E-state index contributed by atoms with van der Waals surface area (Å²) in [5, 5.41) is 1.90. The number of rotatable bonds is 3. The molecule has 0 spiro atoms. The highest BCUT2D eigenvalue weighted by Crippen LogP contribution is 2.37. The number of aryl methyl sites for hydroxylation is 1. The van der Waals surface area contributed by atoms with Gasteiger partial charge in [0.2, 0.25) is 0 Å². The van der Waals surface area contributed by atoms with Crippen LogP contribution in [0.1, 0.15) is 21.7 Å². The van der Waals surface area contributed by atoms with E-state index in [2.05, 4.69) is 0 Å². The van der Waals surface area contributed by atoms with Gasteiger partial charge in [-0.05, 0) is 24.3 Å². The Balaban J connectivity index is 2.31. The van der Waals surface area contributed by atoms with E-state index < -0.39 is 0 Å². The molecule has 5 nitrogen and oxygen atoms in total. The summed E-state index contributed by atoms with van der Waals surface area (Å²) in [4.78, 5) is 25.7. The van der Waals surface area contributed by atoms with Gasteiger partial charge in [0.1, 0.15) is 10.9 Å². The highest BCUT2D eigenvalue weighted by molar-refractivity contribution is 7.12. The maximum atomic E-state index is 11.7. The molecular weight excluding hydrogens is 254 g/mol. The fourth-order valence-electron chi connectivity index (χ4n) is 2.07. The molecule has 0 radical (unpaired) electrons. The van der Waals surface area contributed by atoms with Crippen LogP contribution in [0, 0.1) is 6.92 Å². The number of methoxy groups -OCH3 is 2. The molecule has 0 amide bonds. The first-order valence-electron chi connectivity index (χ1n) is 5.61. The van der Waals surface area contributed by atoms with Crippen LogP contribution in [0.5, 0.6) is 0 Å². The molecule has 2 heterocycles. The maximum Gasteiger partial charge on any atom is 0.350 e. The number of thiophene rings is 1. The molecule has 6 heteroatoms. The molecule has 1 saturated heterocycles. The molecule has 0 N–H and O–H groups in total. The van der Waals surface area contributed by atoms with Gasteiger partial charge in [0.15, 0.2) is 0 Å². The fraction of sp³-hybridized carbons (Fsp3) is 0.500. The van der Waals surface area contributed by atoms with E-state index in [1.54, 1.807) is 0 Å². The molecule has 0 aliphatic carbocycles. The number of anilines is 1. The Bertz CT molecular complexity index is 482. The summed E-state index contributed by atoms with van der Waals surface area (Å²) in [6.07, 6.45) is 0.753. The molecule has 1 atom stereocenters. The lowest BCUT2D eigenvalue weighted by molar-refractivity contribution is -0.143. The molecule has 2 rings (SSSR count). The maximum absolute atomic E-state index is 11.7. The quantitative estimate of drug-likeness (QED) is 0.780. The second kappa shape index (κ2) is 4.97. The van der Waals surface area contributed by atoms with Crippen LogP contribution in [-0.4, -0.2) is 38.7 Å². The highest BCUT2D eigenvalue weighted by Gasteiger charge is 2.38. The lowest BCUT2D eigenvalue weighted by atomic mass is 10.0. The molecule has 1 aliphatic rings. The first-order valence-corrected chi connectivity index (χ1v) is 6.49. The van der Waals surface area contributed by atoms with Crippen molar-refractivity contribution in [2.75, 3.05) is 25.7 Å². The van der Waals surface area contributed by atoms with Crippen LogP contribution in [0.4, 0.5) is 5.69 Å². The van der Waals surface area contributed by atoms with E-state index in [4.69, 9.17) is 9.47 Å². The van der Waals surface area contributed by atoms with Crippen molar-refractivity contribution >= 4 is 29.0 Å². The minimum Gasteiger partial charge on any atom is -0.467 e. The third-order valence-corrected chi connectivity index (χ3v) is 4.16. The van der Waals surface area contributed by atoms with Crippen LogP contribution in [-0.2, 0) is 14.3 Å². The van der Waals surface area contributed by atoms with Crippen molar-refractivity contribution in [3.63, 3.8) is 0 Å². The van der Waals surface area contributed by atoms with E-state index in [0.29, 0.717) is 4.88 Å². The molecule has 1 aromatic rings. The van der Waals surface area contributed by atoms with E-state index in [-0.39, 0.29) is 18.0 Å². The number of hydrogen-bond donors (Lipinski definition) is 0. The number of carbonyl (C=O) groups is 2. The van der Waals surface area contributed by atoms with Crippen molar-refractivity contribution in [3.8, 4) is 0 Å². The highest BCUT2D eigenvalue weighted by atomic mass is 32.1. The van der Waals surface area contributed by atoms with Crippen LogP contribution in [0.15, 0.2) is 5.38 Å². The molecule has 1 aromatic heterocycles. The van der Waals surface area contributed by atoms with Gasteiger partial charge in [0.25, 0.3) is 0 Å². The summed E-state index contributed by atoms with van der Waals surface area (Å²) < 4.78 is 9.52. The molecule has 1 fully saturated rings. The van der Waals surface area contributed by atoms with Crippen LogP contribution < -0.4 is 4.90 Å². The third-order valence-electron chi connectivity index (χ3n) is 3.09. The topological polar surface area (TPSA) is 55.8 Å². The van der Waals surface area contributed by atoms with Gasteiger partial charge in [-0.3, -0.25) is 0 Å². The van der Waals surface area contributed by atoms with Crippen molar-refractivity contribution in [3.05, 3.63) is 15.8 Å². The van der Waals surface area contributed by atoms with Crippen molar-refractivity contribution in [2.45, 2.75) is 19.4 Å². The van der Waals surface area contributed by atoms with E-state index >= 15 is 0 Å². The average molecular weight is 269 g/mol. The zero-order valence-corrected chi connectivity index (χ0v) is 11.4. The molecule has 98 valence electrons. The molecule has 1 unspecified atom stereocenters. The molecule has 0 aromatic carbocycles. The van der Waals surface area contributed by atoms with Gasteiger partial charge >= 0.3 is 11.9 Å². The SMILES string of the molecule is COC(=O)c1scc(C)c1N1CCC1C(=O)OC. The Morgan fingerprint density at radius 2 is 2.11 bits per heavy atom. The zero-order valence-electron chi connectivity index (χ0n) is 10.6. The first kappa shape index (κ1) is 12.9. The van der Waals surface area contributed by atoms with E-state index in [1.165, 1.54) is 25.6 Å². The summed E-state index contributed by atoms with van der Waals surface area (Å²) >= 11 is 1.34. The Morgan fingerprint density at radius 1 is 1.39 bits per heavy atom. The predicted octanol–water partition coefficient (Wildman–Crippen LogP) is 1.59. The summed E-state index contributed by atoms with van der Waals surface area (Å²) in [5.74, 6) is -0.624. The zero-order chi connectivity index (χ0) is 13.3. The second-order valence-electron chi connectivity index (χ2n) is 4.11. The summed E-state index contributed by atoms with van der Waals surface area (Å²) in [7, 11) is 2.73. The minimum absolute atomic E-state index is 0.261. The van der Waals surface area contributed by atoms with Crippen LogP contribution in [0.25, 0.3) is 0 Å². The van der Waals surface area contributed by atoms with Gasteiger partial charge in [0.05, 0.1) is 19.9 Å². The number of nitrogens with zero attached hydrogens (tertiary/aromatic N) is 1. The molecular formula is C12H15NO4S. The van der Waals surface area contributed by atoms with E-state index in [9.17, 15) is 9.59 Å². The minimum atomic E-state index is -0.362. The average Bonchev–Trinajstić information content (AvgIpc) is 2.69. The molecule has 0 saturated carbocycles. The van der Waals surface area contributed by atoms with Gasteiger partial charge in [-0.15, -0.1) is 11.3 Å². The number of hydrogen-bond acceptors (Lipinski definition) is 6. The van der Waals surface area contributed by atoms with Crippen molar-refractivity contribution in [1.82, 2.24) is 0 Å². The third kappa shape index (κ3) is 1.96.